The van der Waals surface area contributed by atoms with Crippen molar-refractivity contribution in [1.82, 2.24) is 0 Å². The van der Waals surface area contributed by atoms with Crippen LogP contribution in [-0.4, -0.2) is 20.9 Å². The van der Waals surface area contributed by atoms with Crippen molar-refractivity contribution in [2.75, 3.05) is 21.9 Å². The van der Waals surface area contributed by atoms with Crippen molar-refractivity contribution in [2.24, 2.45) is 0 Å². The van der Waals surface area contributed by atoms with Crippen molar-refractivity contribution in [3.63, 3.8) is 0 Å². The Kier molecular flexibility index (Phi) is 7.22. The Labute approximate surface area is 214 Å². The highest BCUT2D eigenvalue weighted by atomic mass is 35.5. The van der Waals surface area contributed by atoms with Crippen LogP contribution in [0.3, 0.4) is 0 Å². The van der Waals surface area contributed by atoms with Crippen LogP contribution >= 0.6 is 23.2 Å². The van der Waals surface area contributed by atoms with Gasteiger partial charge in [-0.2, -0.15) is 5.26 Å². The molecule has 3 aromatic carbocycles. The molecule has 0 aliphatic carbocycles. The first-order chi connectivity index (χ1) is 16.7. The smallest absolute Gasteiger partial charge is 0.262 e. The molecule has 0 fully saturated rings. The monoisotopic (exact) mass is 528 g/mol. The van der Waals surface area contributed by atoms with E-state index >= 15 is 0 Å². The third-order valence-corrected chi connectivity index (χ3v) is 7.81. The van der Waals surface area contributed by atoms with Gasteiger partial charge in [0.15, 0.2) is 0 Å². The van der Waals surface area contributed by atoms with E-state index in [9.17, 15) is 13.2 Å². The topological polar surface area (TPSA) is 116 Å². The quantitative estimate of drug-likeness (QED) is 0.428. The zero-order valence-electron chi connectivity index (χ0n) is 18.6. The van der Waals surface area contributed by atoms with Gasteiger partial charge in [-0.15, -0.1) is 0 Å². The van der Waals surface area contributed by atoms with Gasteiger partial charge in [0.1, 0.15) is 0 Å². The molecule has 0 aromatic heterocycles. The number of nitrogens with zero attached hydrogens (tertiary/aromatic N) is 2. The second-order valence-electron chi connectivity index (χ2n) is 8.18. The van der Waals surface area contributed by atoms with Crippen LogP contribution in [0, 0.1) is 11.3 Å². The number of benzene rings is 3. The minimum Gasteiger partial charge on any atom is -0.396 e. The number of carbonyl (C=O) groups excluding carboxylic acids is 1. The van der Waals surface area contributed by atoms with Gasteiger partial charge in [-0.25, -0.2) is 8.42 Å². The van der Waals surface area contributed by atoms with E-state index in [0.717, 1.165) is 24.0 Å². The molecule has 180 valence electrons. The molecule has 1 aliphatic heterocycles. The largest absolute Gasteiger partial charge is 0.396 e. The first-order valence-electron chi connectivity index (χ1n) is 10.9. The molecule has 0 unspecified atom stereocenters. The van der Waals surface area contributed by atoms with Gasteiger partial charge >= 0.3 is 0 Å². The maximum atomic E-state index is 13.2. The van der Waals surface area contributed by atoms with E-state index in [2.05, 4.69) is 10.8 Å². The first-order valence-corrected chi connectivity index (χ1v) is 13.1. The molecule has 1 amide bonds. The lowest BCUT2D eigenvalue weighted by molar-refractivity contribution is -0.118. The second-order valence-corrected chi connectivity index (χ2v) is 10.7. The number of fused-ring (bicyclic) bond motifs is 1. The zero-order valence-corrected chi connectivity index (χ0v) is 20.9. The third-order valence-electron chi connectivity index (χ3n) is 5.84. The number of hydrogen-bond donors (Lipinski definition) is 2. The van der Waals surface area contributed by atoms with Crippen molar-refractivity contribution in [2.45, 2.75) is 30.6 Å². The number of para-hydroxylation sites is 1. The summed E-state index contributed by atoms with van der Waals surface area (Å²) in [4.78, 5) is 14.7. The Morgan fingerprint density at radius 1 is 1.11 bits per heavy atom. The van der Waals surface area contributed by atoms with E-state index in [4.69, 9.17) is 34.2 Å². The highest BCUT2D eigenvalue weighted by Crippen LogP contribution is 2.37. The third kappa shape index (κ3) is 5.38. The zero-order chi connectivity index (χ0) is 25.2. The molecule has 7 nitrogen and oxygen atoms in total. The van der Waals surface area contributed by atoms with Gasteiger partial charge in [0.05, 0.1) is 43.6 Å². The van der Waals surface area contributed by atoms with E-state index in [1.54, 1.807) is 29.2 Å². The fraction of sp³-hybridized carbons (Fsp3) is 0.200. The Balaban J connectivity index is 1.60. The Morgan fingerprint density at radius 2 is 1.80 bits per heavy atom. The number of sulfonamides is 1. The molecule has 4 rings (SSSR count). The number of carbonyl (C=O) groups is 1. The molecule has 0 saturated heterocycles. The van der Waals surface area contributed by atoms with E-state index in [1.165, 1.54) is 12.1 Å². The minimum absolute atomic E-state index is 0.0348. The van der Waals surface area contributed by atoms with Crippen molar-refractivity contribution in [3.05, 3.63) is 81.3 Å². The van der Waals surface area contributed by atoms with Crippen LogP contribution in [0.15, 0.2) is 59.5 Å². The molecule has 3 aromatic rings. The molecule has 0 atom stereocenters. The highest BCUT2D eigenvalue weighted by molar-refractivity contribution is 7.92. The molecule has 0 radical (unpaired) electrons. The van der Waals surface area contributed by atoms with Crippen LogP contribution in [0.2, 0.25) is 10.0 Å². The average Bonchev–Trinajstić information content (AvgIpc) is 2.85. The minimum atomic E-state index is -4.06. The first kappa shape index (κ1) is 24.9. The summed E-state index contributed by atoms with van der Waals surface area (Å²) in [5, 5.41) is 9.02. The molecule has 0 spiro atoms. The molecule has 35 heavy (non-hydrogen) atoms. The lowest BCUT2D eigenvalue weighted by Crippen LogP contribution is -2.36. The summed E-state index contributed by atoms with van der Waals surface area (Å²) >= 11 is 12.1. The van der Waals surface area contributed by atoms with Crippen LogP contribution in [0.25, 0.3) is 0 Å². The molecular formula is C25H22Cl2N4O3S. The number of hydrogen-bond acceptors (Lipinski definition) is 5. The SMILES string of the molecule is N#Cc1ccc(CCC(=O)N2CCCc3cccc(NS(=O)(=O)c4cc(Cl)c(N)c(Cl)c4)c32)cc1. The maximum Gasteiger partial charge on any atom is 0.262 e. The highest BCUT2D eigenvalue weighted by Gasteiger charge is 2.27. The summed E-state index contributed by atoms with van der Waals surface area (Å²) in [5.74, 6) is -0.111. The Morgan fingerprint density at radius 3 is 2.46 bits per heavy atom. The van der Waals surface area contributed by atoms with Gasteiger partial charge in [0.25, 0.3) is 10.0 Å². The van der Waals surface area contributed by atoms with Crippen molar-refractivity contribution < 1.29 is 13.2 Å². The lowest BCUT2D eigenvalue weighted by atomic mass is 9.99. The lowest BCUT2D eigenvalue weighted by Gasteiger charge is -2.32. The molecule has 3 N–H and O–H groups in total. The number of nitrogens with one attached hydrogen (secondary N) is 1. The van der Waals surface area contributed by atoms with Crippen molar-refractivity contribution in [1.29, 1.82) is 5.26 Å². The molecule has 0 saturated carbocycles. The normalized spacial score (nSPS) is 13.1. The van der Waals surface area contributed by atoms with Crippen LogP contribution < -0.4 is 15.4 Å². The summed E-state index contributed by atoms with van der Waals surface area (Å²) in [6, 6.07) is 16.9. The number of nitriles is 1. The molecule has 1 heterocycles. The van der Waals surface area contributed by atoms with Gasteiger partial charge in [-0.3, -0.25) is 9.52 Å². The summed E-state index contributed by atoms with van der Waals surface area (Å²) in [6.45, 7) is 0.484. The van der Waals surface area contributed by atoms with E-state index in [1.807, 2.05) is 18.2 Å². The summed E-state index contributed by atoms with van der Waals surface area (Å²) < 4.78 is 28.9. The second kappa shape index (κ2) is 10.2. The van der Waals surface area contributed by atoms with Gasteiger partial charge in [-0.1, -0.05) is 47.5 Å². The van der Waals surface area contributed by atoms with Gasteiger partial charge < -0.3 is 10.6 Å². The van der Waals surface area contributed by atoms with Crippen LogP contribution in [0.5, 0.6) is 0 Å². The fourth-order valence-corrected chi connectivity index (χ4v) is 5.77. The number of nitrogen functional groups attached to an aromatic ring is 1. The summed E-state index contributed by atoms with van der Waals surface area (Å²) in [7, 11) is -4.06. The van der Waals surface area contributed by atoms with Crippen LogP contribution in [-0.2, 0) is 27.7 Å². The van der Waals surface area contributed by atoms with Gasteiger partial charge in [0.2, 0.25) is 5.91 Å². The predicted molar refractivity (Wildman–Crippen MR) is 138 cm³/mol. The van der Waals surface area contributed by atoms with Gasteiger partial charge in [-0.05, 0) is 60.7 Å². The number of nitrogens with two attached hydrogens (primary N) is 1. The summed E-state index contributed by atoms with van der Waals surface area (Å²) in [6.07, 6.45) is 2.25. The van der Waals surface area contributed by atoms with Crippen LogP contribution in [0.1, 0.15) is 29.5 Å². The Hall–Kier alpha value is -3.25. The number of aryl methyl sites for hydroxylation is 2. The predicted octanol–water partition coefficient (Wildman–Crippen LogP) is 5.16. The van der Waals surface area contributed by atoms with Crippen LogP contribution in [0.4, 0.5) is 17.1 Å². The van der Waals surface area contributed by atoms with Crippen molar-refractivity contribution >= 4 is 56.2 Å². The molecular weight excluding hydrogens is 507 g/mol. The van der Waals surface area contributed by atoms with Crippen molar-refractivity contribution in [3.8, 4) is 6.07 Å². The number of anilines is 3. The van der Waals surface area contributed by atoms with E-state index < -0.39 is 10.0 Å². The number of amides is 1. The summed E-state index contributed by atoms with van der Waals surface area (Å²) in [5.41, 5.74) is 9.09. The maximum absolute atomic E-state index is 13.2. The molecule has 1 aliphatic rings. The van der Waals surface area contributed by atoms with E-state index in [-0.39, 0.29) is 33.0 Å². The molecule has 10 heteroatoms. The van der Waals surface area contributed by atoms with Gasteiger partial charge in [0, 0.05) is 13.0 Å². The number of rotatable bonds is 6. The standard InChI is InChI=1S/C25H22Cl2N4O3S/c26-20-13-19(14-21(27)24(20)29)35(33,34)30-22-5-1-3-18-4-2-12-31(25(18)22)23(32)11-10-16-6-8-17(15-28)9-7-16/h1,3,5-9,13-14,30H,2,4,10-12,29H2. The van der Waals surface area contributed by atoms with E-state index in [0.29, 0.717) is 29.9 Å². The average molecular weight is 529 g/mol. The molecule has 0 bridgehead atoms. The fourth-order valence-electron chi connectivity index (χ4n) is 4.04. The Bertz CT molecular complexity index is 1410. The number of halogens is 2.